The lowest BCUT2D eigenvalue weighted by molar-refractivity contribution is -0.130. The molecule has 1 aliphatic heterocycles. The Balaban J connectivity index is 2.02. The molecule has 6 heteroatoms. The molecule has 0 spiro atoms. The highest BCUT2D eigenvalue weighted by Crippen LogP contribution is 2.19. The average molecular weight is 346 g/mol. The summed E-state index contributed by atoms with van der Waals surface area (Å²) in [6.07, 6.45) is 0. The van der Waals surface area contributed by atoms with Crippen molar-refractivity contribution in [2.75, 3.05) is 39.3 Å². The number of guanidine groups is 1. The van der Waals surface area contributed by atoms with E-state index in [1.807, 2.05) is 17.9 Å². The van der Waals surface area contributed by atoms with Crippen LogP contribution in [0, 0.1) is 6.92 Å². The van der Waals surface area contributed by atoms with Gasteiger partial charge >= 0.3 is 0 Å². The van der Waals surface area contributed by atoms with E-state index in [2.05, 4.69) is 36.2 Å². The molecule has 0 aliphatic carbocycles. The van der Waals surface area contributed by atoms with Gasteiger partial charge in [0.15, 0.2) is 5.96 Å². The molecule has 6 nitrogen and oxygen atoms in total. The fraction of sp³-hybridized carbons (Fsp3) is 0.579. The van der Waals surface area contributed by atoms with E-state index >= 15 is 0 Å². The van der Waals surface area contributed by atoms with Crippen LogP contribution in [-0.4, -0.2) is 61.0 Å². The van der Waals surface area contributed by atoms with Gasteiger partial charge < -0.3 is 19.9 Å². The number of aliphatic imine (C=N–C) groups is 1. The molecule has 0 aromatic heterocycles. The van der Waals surface area contributed by atoms with E-state index < -0.39 is 0 Å². The van der Waals surface area contributed by atoms with Crippen molar-refractivity contribution in [3.8, 4) is 5.75 Å². The molecular formula is C19H30N4O2. The summed E-state index contributed by atoms with van der Waals surface area (Å²) >= 11 is 0. The number of benzene rings is 1. The Morgan fingerprint density at radius 2 is 1.88 bits per heavy atom. The number of hydrogen-bond acceptors (Lipinski definition) is 3. The minimum Gasteiger partial charge on any atom is -0.494 e. The number of amides is 1. The van der Waals surface area contributed by atoms with Crippen molar-refractivity contribution in [2.24, 2.45) is 4.99 Å². The van der Waals surface area contributed by atoms with Crippen LogP contribution in [0.15, 0.2) is 23.2 Å². The Kier molecular flexibility index (Phi) is 7.10. The van der Waals surface area contributed by atoms with Crippen molar-refractivity contribution < 1.29 is 9.53 Å². The third kappa shape index (κ3) is 5.37. The summed E-state index contributed by atoms with van der Waals surface area (Å²) < 4.78 is 5.59. The van der Waals surface area contributed by atoms with Gasteiger partial charge in [-0.25, -0.2) is 4.99 Å². The van der Waals surface area contributed by atoms with Gasteiger partial charge in [-0.1, -0.05) is 12.1 Å². The van der Waals surface area contributed by atoms with E-state index in [0.29, 0.717) is 13.2 Å². The van der Waals surface area contributed by atoms with Crippen LogP contribution < -0.4 is 10.1 Å². The first-order chi connectivity index (χ1) is 12.0. The van der Waals surface area contributed by atoms with Gasteiger partial charge in [-0.15, -0.1) is 0 Å². The molecule has 1 aromatic rings. The number of nitrogens with zero attached hydrogens (tertiary/aromatic N) is 3. The predicted molar refractivity (Wildman–Crippen MR) is 101 cm³/mol. The Bertz CT molecular complexity index is 607. The van der Waals surface area contributed by atoms with Gasteiger partial charge in [0.05, 0.1) is 13.2 Å². The van der Waals surface area contributed by atoms with Crippen LogP contribution in [-0.2, 0) is 11.3 Å². The maximum atomic E-state index is 11.5. The summed E-state index contributed by atoms with van der Waals surface area (Å²) in [6.45, 7) is 13.0. The van der Waals surface area contributed by atoms with Gasteiger partial charge in [-0.3, -0.25) is 4.79 Å². The van der Waals surface area contributed by atoms with Crippen molar-refractivity contribution in [3.05, 3.63) is 29.3 Å². The van der Waals surface area contributed by atoms with Crippen LogP contribution in [0.2, 0.25) is 0 Å². The lowest BCUT2D eigenvalue weighted by Crippen LogP contribution is -2.53. The lowest BCUT2D eigenvalue weighted by atomic mass is 10.1. The monoisotopic (exact) mass is 346 g/mol. The molecular weight excluding hydrogens is 316 g/mol. The molecule has 1 aliphatic rings. The second-order valence-electron chi connectivity index (χ2n) is 6.20. The van der Waals surface area contributed by atoms with Gasteiger partial charge in [0.1, 0.15) is 5.75 Å². The Morgan fingerprint density at radius 1 is 1.20 bits per heavy atom. The molecule has 1 amide bonds. The number of nitrogens with one attached hydrogen (secondary N) is 1. The van der Waals surface area contributed by atoms with E-state index in [1.165, 1.54) is 5.56 Å². The van der Waals surface area contributed by atoms with Crippen molar-refractivity contribution in [1.82, 2.24) is 15.1 Å². The van der Waals surface area contributed by atoms with Gasteiger partial charge in [0.2, 0.25) is 5.91 Å². The Morgan fingerprint density at radius 3 is 2.44 bits per heavy atom. The first-order valence-electron chi connectivity index (χ1n) is 9.06. The SMILES string of the molecule is CCNC(=NCc1ccc(OCC)c(C)c1)N1CCN(C(C)=O)CC1. The standard InChI is InChI=1S/C19H30N4O2/c1-5-20-19(23-11-9-22(10-12-23)16(4)24)21-14-17-7-8-18(25-6-2)15(3)13-17/h7-8,13H,5-6,9-12,14H2,1-4H3,(H,20,21). The number of carbonyl (C=O) groups excluding carboxylic acids is 1. The molecule has 0 bridgehead atoms. The van der Waals surface area contributed by atoms with Crippen molar-refractivity contribution in [2.45, 2.75) is 34.2 Å². The van der Waals surface area contributed by atoms with Gasteiger partial charge in [0.25, 0.3) is 0 Å². The van der Waals surface area contributed by atoms with Crippen molar-refractivity contribution in [1.29, 1.82) is 0 Å². The van der Waals surface area contributed by atoms with Crippen LogP contribution >= 0.6 is 0 Å². The molecule has 138 valence electrons. The molecule has 25 heavy (non-hydrogen) atoms. The van der Waals surface area contributed by atoms with E-state index in [4.69, 9.17) is 9.73 Å². The maximum absolute atomic E-state index is 11.5. The number of piperazine rings is 1. The smallest absolute Gasteiger partial charge is 0.219 e. The summed E-state index contributed by atoms with van der Waals surface area (Å²) in [5.41, 5.74) is 2.30. The zero-order chi connectivity index (χ0) is 18.2. The molecule has 0 saturated carbocycles. The zero-order valence-corrected chi connectivity index (χ0v) is 15.8. The summed E-state index contributed by atoms with van der Waals surface area (Å²) in [6, 6.07) is 6.22. The minimum absolute atomic E-state index is 0.145. The largest absolute Gasteiger partial charge is 0.494 e. The quantitative estimate of drug-likeness (QED) is 0.655. The second kappa shape index (κ2) is 9.30. The maximum Gasteiger partial charge on any atom is 0.219 e. The minimum atomic E-state index is 0.145. The molecule has 1 heterocycles. The molecule has 1 saturated heterocycles. The molecule has 0 radical (unpaired) electrons. The fourth-order valence-corrected chi connectivity index (χ4v) is 2.95. The fourth-order valence-electron chi connectivity index (χ4n) is 2.95. The van der Waals surface area contributed by atoms with Crippen LogP contribution in [0.25, 0.3) is 0 Å². The molecule has 0 unspecified atom stereocenters. The highest BCUT2D eigenvalue weighted by atomic mass is 16.5. The highest BCUT2D eigenvalue weighted by molar-refractivity contribution is 5.80. The summed E-state index contributed by atoms with van der Waals surface area (Å²) in [5.74, 6) is 1.99. The Hall–Kier alpha value is -2.24. The lowest BCUT2D eigenvalue weighted by Gasteiger charge is -2.36. The first-order valence-corrected chi connectivity index (χ1v) is 9.06. The van der Waals surface area contributed by atoms with E-state index in [-0.39, 0.29) is 5.91 Å². The molecule has 1 fully saturated rings. The number of hydrogen-bond donors (Lipinski definition) is 1. The number of ether oxygens (including phenoxy) is 1. The third-order valence-electron chi connectivity index (χ3n) is 4.31. The van der Waals surface area contributed by atoms with Crippen LogP contribution in [0.3, 0.4) is 0 Å². The highest BCUT2D eigenvalue weighted by Gasteiger charge is 2.20. The second-order valence-corrected chi connectivity index (χ2v) is 6.20. The van der Waals surface area contributed by atoms with E-state index in [1.54, 1.807) is 6.92 Å². The summed E-state index contributed by atoms with van der Waals surface area (Å²) in [5, 5.41) is 3.36. The molecule has 2 rings (SSSR count). The molecule has 1 N–H and O–H groups in total. The summed E-state index contributed by atoms with van der Waals surface area (Å²) in [7, 11) is 0. The number of rotatable bonds is 5. The van der Waals surface area contributed by atoms with Crippen molar-refractivity contribution in [3.63, 3.8) is 0 Å². The van der Waals surface area contributed by atoms with E-state index in [9.17, 15) is 4.79 Å². The predicted octanol–water partition coefficient (Wildman–Crippen LogP) is 2.02. The summed E-state index contributed by atoms with van der Waals surface area (Å²) in [4.78, 5) is 20.4. The van der Waals surface area contributed by atoms with Gasteiger partial charge in [-0.05, 0) is 38.0 Å². The van der Waals surface area contributed by atoms with Crippen LogP contribution in [0.5, 0.6) is 5.75 Å². The number of carbonyl (C=O) groups is 1. The van der Waals surface area contributed by atoms with Crippen LogP contribution in [0.4, 0.5) is 0 Å². The Labute approximate surface area is 150 Å². The topological polar surface area (TPSA) is 57.2 Å². The number of aryl methyl sites for hydroxylation is 1. The first kappa shape index (κ1) is 19.1. The van der Waals surface area contributed by atoms with Gasteiger partial charge in [0, 0.05) is 39.6 Å². The zero-order valence-electron chi connectivity index (χ0n) is 15.8. The average Bonchev–Trinajstić information content (AvgIpc) is 2.61. The third-order valence-corrected chi connectivity index (χ3v) is 4.31. The van der Waals surface area contributed by atoms with Crippen LogP contribution in [0.1, 0.15) is 31.9 Å². The molecule has 0 atom stereocenters. The van der Waals surface area contributed by atoms with Gasteiger partial charge in [-0.2, -0.15) is 0 Å². The van der Waals surface area contributed by atoms with E-state index in [0.717, 1.165) is 50.0 Å². The van der Waals surface area contributed by atoms with Crippen molar-refractivity contribution >= 4 is 11.9 Å². The molecule has 1 aromatic carbocycles. The normalized spacial score (nSPS) is 15.3.